The largest absolute Gasteiger partial charge is 0.355 e. The zero-order valence-corrected chi connectivity index (χ0v) is 13.8. The Morgan fingerprint density at radius 3 is 2.33 bits per heavy atom. The van der Waals surface area contributed by atoms with Crippen molar-refractivity contribution in [2.45, 2.75) is 38.5 Å². The Balaban J connectivity index is 2.12. The Hall–Kier alpha value is -1.49. The highest BCUT2D eigenvalue weighted by Crippen LogP contribution is 2.22. The van der Waals surface area contributed by atoms with Crippen LogP contribution >= 0.6 is 11.8 Å². The van der Waals surface area contributed by atoms with E-state index in [2.05, 4.69) is 31.4 Å². The second kappa shape index (κ2) is 8.72. The van der Waals surface area contributed by atoms with E-state index in [1.54, 1.807) is 11.8 Å². The SMILES string of the molecule is CC(C)(C)SCC(=O)NCCC(=O)NCc1ccccc1. The van der Waals surface area contributed by atoms with Crippen LogP contribution in [0, 0.1) is 0 Å². The topological polar surface area (TPSA) is 58.2 Å². The molecule has 0 aliphatic heterocycles. The van der Waals surface area contributed by atoms with Gasteiger partial charge in [-0.05, 0) is 5.56 Å². The summed E-state index contributed by atoms with van der Waals surface area (Å²) in [6.45, 7) is 7.11. The molecule has 0 heterocycles. The minimum Gasteiger partial charge on any atom is -0.355 e. The van der Waals surface area contributed by atoms with Crippen LogP contribution in [-0.2, 0) is 16.1 Å². The molecule has 0 radical (unpaired) electrons. The fourth-order valence-corrected chi connectivity index (χ4v) is 2.20. The normalized spacial score (nSPS) is 11.0. The third-order valence-corrected chi connectivity index (χ3v) is 3.92. The molecule has 0 fully saturated rings. The second-order valence-corrected chi connectivity index (χ2v) is 7.57. The summed E-state index contributed by atoms with van der Waals surface area (Å²) in [5.74, 6) is 0.350. The molecular weight excluding hydrogens is 284 g/mol. The van der Waals surface area contributed by atoms with E-state index < -0.39 is 0 Å². The fourth-order valence-electron chi connectivity index (χ4n) is 1.53. The summed E-state index contributed by atoms with van der Waals surface area (Å²) in [5, 5.41) is 5.60. The Bertz CT molecular complexity index is 455. The average Bonchev–Trinajstić information content (AvgIpc) is 2.43. The van der Waals surface area contributed by atoms with Gasteiger partial charge >= 0.3 is 0 Å². The highest BCUT2D eigenvalue weighted by atomic mass is 32.2. The standard InChI is InChI=1S/C16H24N2O2S/c1-16(2,3)21-12-15(20)17-10-9-14(19)18-11-13-7-5-4-6-8-13/h4-8H,9-12H2,1-3H3,(H,17,20)(H,18,19). The van der Waals surface area contributed by atoms with Crippen LogP contribution in [0.4, 0.5) is 0 Å². The van der Waals surface area contributed by atoms with E-state index in [4.69, 9.17) is 0 Å². The van der Waals surface area contributed by atoms with E-state index in [-0.39, 0.29) is 16.6 Å². The van der Waals surface area contributed by atoms with Crippen LogP contribution in [0.15, 0.2) is 30.3 Å². The van der Waals surface area contributed by atoms with Gasteiger partial charge in [0.15, 0.2) is 0 Å². The molecule has 2 N–H and O–H groups in total. The molecule has 0 spiro atoms. The maximum atomic E-state index is 11.6. The van der Waals surface area contributed by atoms with E-state index in [1.807, 2.05) is 30.3 Å². The van der Waals surface area contributed by atoms with E-state index in [9.17, 15) is 9.59 Å². The molecule has 0 atom stereocenters. The van der Waals surface area contributed by atoms with Crippen LogP contribution in [-0.4, -0.2) is 28.9 Å². The molecule has 0 aliphatic rings. The molecule has 0 saturated carbocycles. The summed E-state index contributed by atoms with van der Waals surface area (Å²) in [4.78, 5) is 23.2. The molecule has 1 rings (SSSR count). The van der Waals surface area contributed by atoms with Gasteiger partial charge in [-0.15, -0.1) is 11.8 Å². The smallest absolute Gasteiger partial charge is 0.230 e. The van der Waals surface area contributed by atoms with Crippen molar-refractivity contribution in [3.63, 3.8) is 0 Å². The molecule has 116 valence electrons. The predicted octanol–water partition coefficient (Wildman–Crippen LogP) is 2.34. The fraction of sp³-hybridized carbons (Fsp3) is 0.500. The third kappa shape index (κ3) is 9.13. The summed E-state index contributed by atoms with van der Waals surface area (Å²) < 4.78 is 0.0738. The first-order valence-electron chi connectivity index (χ1n) is 7.08. The van der Waals surface area contributed by atoms with Crippen LogP contribution in [0.1, 0.15) is 32.8 Å². The van der Waals surface area contributed by atoms with Crippen molar-refractivity contribution in [1.29, 1.82) is 0 Å². The summed E-state index contributed by atoms with van der Waals surface area (Å²) in [7, 11) is 0. The minimum atomic E-state index is -0.0531. The summed E-state index contributed by atoms with van der Waals surface area (Å²) >= 11 is 1.60. The van der Waals surface area contributed by atoms with E-state index in [0.29, 0.717) is 25.3 Å². The molecule has 4 nitrogen and oxygen atoms in total. The van der Waals surface area contributed by atoms with Gasteiger partial charge in [-0.2, -0.15) is 0 Å². The van der Waals surface area contributed by atoms with E-state index in [0.717, 1.165) is 5.56 Å². The Morgan fingerprint density at radius 1 is 1.05 bits per heavy atom. The van der Waals surface area contributed by atoms with Crippen LogP contribution in [0.5, 0.6) is 0 Å². The van der Waals surface area contributed by atoms with E-state index in [1.165, 1.54) is 0 Å². The summed E-state index contributed by atoms with van der Waals surface area (Å²) in [6, 6.07) is 9.75. The Morgan fingerprint density at radius 2 is 1.71 bits per heavy atom. The number of carbonyl (C=O) groups excluding carboxylic acids is 2. The highest BCUT2D eigenvalue weighted by Gasteiger charge is 2.13. The minimum absolute atomic E-state index is 0.0224. The van der Waals surface area contributed by atoms with Crippen molar-refractivity contribution in [3.8, 4) is 0 Å². The average molecular weight is 308 g/mol. The van der Waals surface area contributed by atoms with Crippen molar-refractivity contribution in [2.75, 3.05) is 12.3 Å². The summed E-state index contributed by atoms with van der Waals surface area (Å²) in [5.41, 5.74) is 1.07. The highest BCUT2D eigenvalue weighted by molar-refractivity contribution is 8.01. The Kier molecular flexibility index (Phi) is 7.29. The monoisotopic (exact) mass is 308 g/mol. The number of hydrogen-bond donors (Lipinski definition) is 2. The van der Waals surface area contributed by atoms with Gasteiger partial charge in [0.25, 0.3) is 0 Å². The van der Waals surface area contributed by atoms with Gasteiger partial charge in [0.1, 0.15) is 0 Å². The molecule has 5 heteroatoms. The van der Waals surface area contributed by atoms with Gasteiger partial charge < -0.3 is 10.6 Å². The lowest BCUT2D eigenvalue weighted by atomic mass is 10.2. The van der Waals surface area contributed by atoms with E-state index >= 15 is 0 Å². The maximum Gasteiger partial charge on any atom is 0.230 e. The molecular formula is C16H24N2O2S. The molecule has 0 aliphatic carbocycles. The first-order chi connectivity index (χ1) is 9.87. The zero-order chi connectivity index (χ0) is 15.7. The molecule has 1 aromatic carbocycles. The van der Waals surface area contributed by atoms with Crippen molar-refractivity contribution in [1.82, 2.24) is 10.6 Å². The lowest BCUT2D eigenvalue weighted by Gasteiger charge is -2.16. The lowest BCUT2D eigenvalue weighted by molar-refractivity contribution is -0.121. The zero-order valence-electron chi connectivity index (χ0n) is 12.9. The number of rotatable bonds is 7. The molecule has 0 saturated heterocycles. The molecule has 0 aromatic heterocycles. The molecule has 2 amide bonds. The van der Waals surface area contributed by atoms with Gasteiger partial charge in [-0.25, -0.2) is 0 Å². The van der Waals surface area contributed by atoms with Crippen molar-refractivity contribution >= 4 is 23.6 Å². The number of benzene rings is 1. The maximum absolute atomic E-state index is 11.6. The number of carbonyl (C=O) groups is 2. The van der Waals surface area contributed by atoms with Crippen LogP contribution in [0.2, 0.25) is 0 Å². The first-order valence-corrected chi connectivity index (χ1v) is 8.07. The number of thioether (sulfide) groups is 1. The molecule has 1 aromatic rings. The quantitative estimate of drug-likeness (QED) is 0.813. The number of hydrogen-bond acceptors (Lipinski definition) is 3. The van der Waals surface area contributed by atoms with Crippen LogP contribution < -0.4 is 10.6 Å². The van der Waals surface area contributed by atoms with Crippen LogP contribution in [0.25, 0.3) is 0 Å². The molecule has 0 unspecified atom stereocenters. The molecule has 21 heavy (non-hydrogen) atoms. The van der Waals surface area contributed by atoms with Gasteiger partial charge in [-0.3, -0.25) is 9.59 Å². The first kappa shape index (κ1) is 17.6. The number of nitrogens with one attached hydrogen (secondary N) is 2. The Labute approximate surface area is 131 Å². The van der Waals surface area contributed by atoms with Gasteiger partial charge in [0.2, 0.25) is 11.8 Å². The van der Waals surface area contributed by atoms with Gasteiger partial charge in [0.05, 0.1) is 5.75 Å². The second-order valence-electron chi connectivity index (χ2n) is 5.76. The third-order valence-electron chi connectivity index (χ3n) is 2.64. The molecule has 0 bridgehead atoms. The van der Waals surface area contributed by atoms with Crippen molar-refractivity contribution in [3.05, 3.63) is 35.9 Å². The van der Waals surface area contributed by atoms with Gasteiger partial charge in [-0.1, -0.05) is 51.1 Å². The summed E-state index contributed by atoms with van der Waals surface area (Å²) in [6.07, 6.45) is 0.304. The van der Waals surface area contributed by atoms with Gasteiger partial charge in [0, 0.05) is 24.3 Å². The van der Waals surface area contributed by atoms with Crippen molar-refractivity contribution in [2.24, 2.45) is 0 Å². The number of amides is 2. The predicted molar refractivity (Wildman–Crippen MR) is 88.1 cm³/mol. The lowest BCUT2D eigenvalue weighted by Crippen LogP contribution is -2.32. The van der Waals surface area contributed by atoms with Crippen molar-refractivity contribution < 1.29 is 9.59 Å². The van der Waals surface area contributed by atoms with Crippen LogP contribution in [0.3, 0.4) is 0 Å².